The topological polar surface area (TPSA) is 56.0 Å². The molecule has 2 aromatic heterocycles. The Morgan fingerprint density at radius 1 is 1.15 bits per heavy atom. The number of para-hydroxylation sites is 1. The van der Waals surface area contributed by atoms with Crippen LogP contribution in [0.1, 0.15) is 17.2 Å². The SMILES string of the molecule is Cc1nnc(C)n1/N=C/c1cc2ccccc2nc1Cl. The number of aryl methyl sites for hydroxylation is 2. The molecular weight excluding hydrogens is 274 g/mol. The Hall–Kier alpha value is -2.27. The van der Waals surface area contributed by atoms with E-state index in [1.54, 1.807) is 10.9 Å². The van der Waals surface area contributed by atoms with E-state index in [4.69, 9.17) is 11.6 Å². The van der Waals surface area contributed by atoms with Crippen LogP contribution in [-0.4, -0.2) is 26.1 Å². The molecule has 0 aliphatic carbocycles. The van der Waals surface area contributed by atoms with Gasteiger partial charge >= 0.3 is 0 Å². The number of hydrogen-bond acceptors (Lipinski definition) is 4. The monoisotopic (exact) mass is 285 g/mol. The minimum absolute atomic E-state index is 0.427. The maximum absolute atomic E-state index is 6.18. The average molecular weight is 286 g/mol. The van der Waals surface area contributed by atoms with Crippen LogP contribution in [0.4, 0.5) is 0 Å². The number of halogens is 1. The molecule has 0 saturated heterocycles. The number of hydrogen-bond donors (Lipinski definition) is 0. The van der Waals surface area contributed by atoms with Crippen LogP contribution in [-0.2, 0) is 0 Å². The maximum atomic E-state index is 6.18. The van der Waals surface area contributed by atoms with Crippen molar-refractivity contribution in [2.75, 3.05) is 0 Å². The second-order valence-corrected chi connectivity index (χ2v) is 4.77. The lowest BCUT2D eigenvalue weighted by Crippen LogP contribution is -1.97. The normalized spacial score (nSPS) is 11.6. The molecule has 0 bridgehead atoms. The van der Waals surface area contributed by atoms with Gasteiger partial charge in [-0.25, -0.2) is 9.66 Å². The summed E-state index contributed by atoms with van der Waals surface area (Å²) < 4.78 is 1.66. The van der Waals surface area contributed by atoms with E-state index in [2.05, 4.69) is 20.3 Å². The van der Waals surface area contributed by atoms with Crippen LogP contribution in [0.25, 0.3) is 10.9 Å². The molecular formula is C14H12ClN5. The molecule has 5 nitrogen and oxygen atoms in total. The van der Waals surface area contributed by atoms with E-state index < -0.39 is 0 Å². The highest BCUT2D eigenvalue weighted by Gasteiger charge is 2.04. The summed E-state index contributed by atoms with van der Waals surface area (Å²) in [7, 11) is 0. The lowest BCUT2D eigenvalue weighted by Gasteiger charge is -2.02. The number of benzene rings is 1. The summed E-state index contributed by atoms with van der Waals surface area (Å²) in [5, 5.41) is 13.7. The van der Waals surface area contributed by atoms with Gasteiger partial charge in [0, 0.05) is 10.9 Å². The van der Waals surface area contributed by atoms with Crippen molar-refractivity contribution in [2.24, 2.45) is 5.10 Å². The molecule has 3 aromatic rings. The van der Waals surface area contributed by atoms with Crippen LogP contribution in [0, 0.1) is 13.8 Å². The zero-order chi connectivity index (χ0) is 14.1. The van der Waals surface area contributed by atoms with Crippen molar-refractivity contribution in [1.29, 1.82) is 0 Å². The predicted octanol–water partition coefficient (Wildman–Crippen LogP) is 2.98. The van der Waals surface area contributed by atoms with Gasteiger partial charge in [0.25, 0.3) is 0 Å². The van der Waals surface area contributed by atoms with Crippen molar-refractivity contribution < 1.29 is 0 Å². The lowest BCUT2D eigenvalue weighted by atomic mass is 10.2. The smallest absolute Gasteiger partial charge is 0.151 e. The molecule has 0 spiro atoms. The van der Waals surface area contributed by atoms with Gasteiger partial charge in [-0.3, -0.25) is 0 Å². The van der Waals surface area contributed by atoms with Crippen molar-refractivity contribution >= 4 is 28.7 Å². The summed E-state index contributed by atoms with van der Waals surface area (Å²) in [6.45, 7) is 3.69. The molecule has 20 heavy (non-hydrogen) atoms. The van der Waals surface area contributed by atoms with Crippen molar-refractivity contribution in [1.82, 2.24) is 19.9 Å². The summed E-state index contributed by atoms with van der Waals surface area (Å²) in [5.74, 6) is 1.45. The van der Waals surface area contributed by atoms with Gasteiger partial charge in [-0.15, -0.1) is 10.2 Å². The molecule has 3 rings (SSSR count). The van der Waals surface area contributed by atoms with Gasteiger partial charge in [0.1, 0.15) is 5.15 Å². The van der Waals surface area contributed by atoms with Crippen LogP contribution in [0.3, 0.4) is 0 Å². The molecule has 2 heterocycles. The van der Waals surface area contributed by atoms with Gasteiger partial charge in [0.15, 0.2) is 11.6 Å². The maximum Gasteiger partial charge on any atom is 0.151 e. The van der Waals surface area contributed by atoms with Crippen molar-refractivity contribution in [3.8, 4) is 0 Å². The second-order valence-electron chi connectivity index (χ2n) is 4.41. The minimum atomic E-state index is 0.427. The van der Waals surface area contributed by atoms with Crippen molar-refractivity contribution in [3.63, 3.8) is 0 Å². The van der Waals surface area contributed by atoms with Gasteiger partial charge < -0.3 is 0 Å². The van der Waals surface area contributed by atoms with Crippen LogP contribution in [0.2, 0.25) is 5.15 Å². The highest BCUT2D eigenvalue weighted by Crippen LogP contribution is 2.19. The fraction of sp³-hybridized carbons (Fsp3) is 0.143. The number of rotatable bonds is 2. The van der Waals surface area contributed by atoms with E-state index in [0.29, 0.717) is 5.15 Å². The van der Waals surface area contributed by atoms with E-state index in [0.717, 1.165) is 28.1 Å². The molecule has 100 valence electrons. The number of aromatic nitrogens is 4. The molecule has 0 N–H and O–H groups in total. The Kier molecular flexibility index (Phi) is 3.20. The molecule has 0 amide bonds. The molecule has 6 heteroatoms. The van der Waals surface area contributed by atoms with Crippen molar-refractivity contribution in [2.45, 2.75) is 13.8 Å². The summed E-state index contributed by atoms with van der Waals surface area (Å²) in [4.78, 5) is 4.35. The van der Waals surface area contributed by atoms with Crippen molar-refractivity contribution in [3.05, 3.63) is 52.7 Å². The largest absolute Gasteiger partial charge is 0.235 e. The zero-order valence-corrected chi connectivity index (χ0v) is 11.8. The van der Waals surface area contributed by atoms with Gasteiger partial charge in [-0.1, -0.05) is 29.8 Å². The number of nitrogens with zero attached hydrogens (tertiary/aromatic N) is 5. The first-order valence-corrected chi connectivity index (χ1v) is 6.51. The average Bonchev–Trinajstić information content (AvgIpc) is 2.76. The van der Waals surface area contributed by atoms with E-state index >= 15 is 0 Å². The first kappa shape index (κ1) is 12.7. The molecule has 1 aromatic carbocycles. The third-order valence-corrected chi connectivity index (χ3v) is 3.27. The quantitative estimate of drug-likeness (QED) is 0.537. The second kappa shape index (κ2) is 5.02. The number of pyridine rings is 1. The molecule has 0 atom stereocenters. The van der Waals surface area contributed by atoms with E-state index in [-0.39, 0.29) is 0 Å². The fourth-order valence-electron chi connectivity index (χ4n) is 1.95. The molecule has 0 fully saturated rings. The van der Waals surface area contributed by atoms with Crippen LogP contribution >= 0.6 is 11.6 Å². The third kappa shape index (κ3) is 2.28. The first-order chi connectivity index (χ1) is 9.65. The van der Waals surface area contributed by atoms with Gasteiger partial charge in [-0.2, -0.15) is 5.10 Å². The summed E-state index contributed by atoms with van der Waals surface area (Å²) in [5.41, 5.74) is 1.63. The van der Waals surface area contributed by atoms with Crippen LogP contribution in [0.15, 0.2) is 35.4 Å². The van der Waals surface area contributed by atoms with Crippen LogP contribution in [0.5, 0.6) is 0 Å². The van der Waals surface area contributed by atoms with E-state index in [9.17, 15) is 0 Å². The molecule has 0 unspecified atom stereocenters. The Bertz CT molecular complexity index is 787. The summed E-state index contributed by atoms with van der Waals surface area (Å²) >= 11 is 6.18. The molecule has 0 aliphatic heterocycles. The molecule has 0 saturated carbocycles. The third-order valence-electron chi connectivity index (χ3n) is 2.97. The Morgan fingerprint density at radius 3 is 2.60 bits per heavy atom. The van der Waals surface area contributed by atoms with E-state index in [1.807, 2.05) is 44.2 Å². The highest BCUT2D eigenvalue weighted by atomic mass is 35.5. The first-order valence-electron chi connectivity index (χ1n) is 6.13. The Balaban J connectivity index is 2.04. The standard InChI is InChI=1S/C14H12ClN5/c1-9-18-19-10(2)20(9)16-8-12-7-11-5-3-4-6-13(11)17-14(12)15/h3-8H,1-2H3/b16-8+. The Labute approximate surface area is 120 Å². The van der Waals surface area contributed by atoms with Gasteiger partial charge in [0.05, 0.1) is 11.7 Å². The van der Waals surface area contributed by atoms with E-state index in [1.165, 1.54) is 0 Å². The minimum Gasteiger partial charge on any atom is -0.235 e. The molecule has 0 aliphatic rings. The summed E-state index contributed by atoms with van der Waals surface area (Å²) in [6, 6.07) is 9.78. The number of fused-ring (bicyclic) bond motifs is 1. The Morgan fingerprint density at radius 2 is 1.85 bits per heavy atom. The van der Waals surface area contributed by atoms with Gasteiger partial charge in [0.2, 0.25) is 0 Å². The van der Waals surface area contributed by atoms with Crippen LogP contribution < -0.4 is 0 Å². The highest BCUT2D eigenvalue weighted by molar-refractivity contribution is 6.32. The predicted molar refractivity (Wildman–Crippen MR) is 79.2 cm³/mol. The molecule has 0 radical (unpaired) electrons. The fourth-order valence-corrected chi connectivity index (χ4v) is 2.14. The van der Waals surface area contributed by atoms with Gasteiger partial charge in [-0.05, 0) is 26.0 Å². The lowest BCUT2D eigenvalue weighted by molar-refractivity contribution is 0.799. The summed E-state index contributed by atoms with van der Waals surface area (Å²) in [6.07, 6.45) is 1.67. The zero-order valence-electron chi connectivity index (χ0n) is 11.1.